The molecule has 10 heteroatoms. The van der Waals surface area contributed by atoms with Gasteiger partial charge in [-0.1, -0.05) is 12.1 Å². The Morgan fingerprint density at radius 1 is 1.17 bits per heavy atom. The molecule has 4 rings (SSSR count). The number of likely N-dealkylation sites (tertiary alicyclic amines) is 1. The summed E-state index contributed by atoms with van der Waals surface area (Å²) in [6.07, 6.45) is 4.32. The molecule has 1 fully saturated rings. The Morgan fingerprint density at radius 2 is 1.90 bits per heavy atom. The van der Waals surface area contributed by atoms with Gasteiger partial charge in [-0.3, -0.25) is 9.59 Å². The summed E-state index contributed by atoms with van der Waals surface area (Å²) in [6.45, 7) is 0.500. The Bertz CT molecular complexity index is 1060. The minimum atomic E-state index is -0.690. The maximum absolute atomic E-state index is 13.0. The highest BCUT2D eigenvalue weighted by atomic mass is 16.3. The number of rotatable bonds is 6. The molecule has 0 spiro atoms. The largest absolute Gasteiger partial charge is 0.508 e. The number of primary amides is 1. The van der Waals surface area contributed by atoms with Crippen LogP contribution in [0.4, 0.5) is 0 Å². The number of phenols is 1. The Labute approximate surface area is 171 Å². The Morgan fingerprint density at radius 3 is 2.60 bits per heavy atom. The molecule has 1 aromatic carbocycles. The van der Waals surface area contributed by atoms with Crippen LogP contribution in [0.2, 0.25) is 0 Å². The van der Waals surface area contributed by atoms with Crippen molar-refractivity contribution in [1.82, 2.24) is 14.9 Å². The maximum Gasteiger partial charge on any atom is 0.276 e. The minimum Gasteiger partial charge on any atom is -0.508 e. The van der Waals surface area contributed by atoms with Crippen LogP contribution in [0, 0.1) is 0 Å². The molecule has 1 aliphatic heterocycles. The first-order valence-corrected chi connectivity index (χ1v) is 9.47. The van der Waals surface area contributed by atoms with Crippen molar-refractivity contribution in [3.05, 3.63) is 65.5 Å². The lowest BCUT2D eigenvalue weighted by Crippen LogP contribution is -2.31. The van der Waals surface area contributed by atoms with Gasteiger partial charge in [-0.25, -0.2) is 9.97 Å². The first-order chi connectivity index (χ1) is 14.4. The summed E-state index contributed by atoms with van der Waals surface area (Å²) < 4.78 is 10.8. The average Bonchev–Trinajstić information content (AvgIpc) is 3.47. The number of nitrogens with two attached hydrogens (primary N) is 2. The molecule has 10 nitrogen and oxygen atoms in total. The van der Waals surface area contributed by atoms with Crippen molar-refractivity contribution in [3.63, 3.8) is 0 Å². The van der Waals surface area contributed by atoms with Gasteiger partial charge in [0.2, 0.25) is 11.8 Å². The van der Waals surface area contributed by atoms with E-state index in [1.54, 1.807) is 29.2 Å². The predicted octanol–water partition coefficient (Wildman–Crippen LogP) is 1.69. The van der Waals surface area contributed by atoms with Crippen LogP contribution in [0.1, 0.15) is 63.2 Å². The van der Waals surface area contributed by atoms with Gasteiger partial charge in [0.1, 0.15) is 24.3 Å². The van der Waals surface area contributed by atoms with Crippen LogP contribution in [0.15, 0.2) is 45.6 Å². The van der Waals surface area contributed by atoms with E-state index in [1.807, 2.05) is 0 Å². The van der Waals surface area contributed by atoms with Crippen molar-refractivity contribution in [3.8, 4) is 5.75 Å². The summed E-state index contributed by atoms with van der Waals surface area (Å²) in [4.78, 5) is 34.2. The second-order valence-corrected chi connectivity index (χ2v) is 7.14. The van der Waals surface area contributed by atoms with E-state index in [9.17, 15) is 14.7 Å². The molecule has 1 saturated heterocycles. The second-order valence-electron chi connectivity index (χ2n) is 7.14. The number of phenolic OH excluding ortho intramolecular Hbond substituents is 1. The van der Waals surface area contributed by atoms with Crippen LogP contribution in [-0.4, -0.2) is 38.3 Å². The average molecular weight is 411 g/mol. The lowest BCUT2D eigenvalue weighted by atomic mass is 10.1. The highest BCUT2D eigenvalue weighted by Crippen LogP contribution is 2.32. The summed E-state index contributed by atoms with van der Waals surface area (Å²) in [5, 5.41) is 9.37. The van der Waals surface area contributed by atoms with Crippen LogP contribution in [0.25, 0.3) is 0 Å². The zero-order valence-electron chi connectivity index (χ0n) is 16.0. The zero-order chi connectivity index (χ0) is 21.3. The van der Waals surface area contributed by atoms with Crippen molar-refractivity contribution < 1.29 is 23.5 Å². The normalized spacial score (nSPS) is 17.2. The molecular formula is C20H21N5O5. The molecule has 156 valence electrons. The minimum absolute atomic E-state index is 0.0215. The number of carbonyl (C=O) groups excluding carboxylic acids is 2. The van der Waals surface area contributed by atoms with Crippen molar-refractivity contribution in [1.29, 1.82) is 0 Å². The Balaban J connectivity index is 1.47. The molecule has 30 heavy (non-hydrogen) atoms. The zero-order valence-corrected chi connectivity index (χ0v) is 16.0. The molecule has 3 heterocycles. The van der Waals surface area contributed by atoms with Gasteiger partial charge in [-0.2, -0.15) is 0 Å². The van der Waals surface area contributed by atoms with Gasteiger partial charge in [0.25, 0.3) is 11.8 Å². The second kappa shape index (κ2) is 7.99. The Hall–Kier alpha value is -3.66. The van der Waals surface area contributed by atoms with Gasteiger partial charge in [0.15, 0.2) is 11.4 Å². The summed E-state index contributed by atoms with van der Waals surface area (Å²) in [6, 6.07) is 5.72. The van der Waals surface area contributed by atoms with Crippen molar-refractivity contribution in [2.75, 3.05) is 6.54 Å². The highest BCUT2D eigenvalue weighted by Gasteiger charge is 2.35. The number of nitrogens with zero attached hydrogens (tertiary/aromatic N) is 3. The fraction of sp³-hybridized carbons (Fsp3) is 0.300. The lowest BCUT2D eigenvalue weighted by Gasteiger charge is -2.20. The highest BCUT2D eigenvalue weighted by molar-refractivity contribution is 5.92. The van der Waals surface area contributed by atoms with Crippen LogP contribution in [-0.2, 0) is 6.42 Å². The van der Waals surface area contributed by atoms with Crippen molar-refractivity contribution in [2.45, 2.75) is 31.3 Å². The van der Waals surface area contributed by atoms with Gasteiger partial charge < -0.3 is 30.3 Å². The van der Waals surface area contributed by atoms with E-state index in [1.165, 1.54) is 12.5 Å². The number of hydrogen-bond acceptors (Lipinski definition) is 8. The van der Waals surface area contributed by atoms with E-state index < -0.39 is 18.0 Å². The van der Waals surface area contributed by atoms with E-state index in [2.05, 4.69) is 9.97 Å². The van der Waals surface area contributed by atoms with Crippen LogP contribution in [0.5, 0.6) is 5.75 Å². The van der Waals surface area contributed by atoms with E-state index in [0.29, 0.717) is 19.4 Å². The molecule has 0 radical (unpaired) electrons. The van der Waals surface area contributed by atoms with Crippen molar-refractivity contribution in [2.24, 2.45) is 11.5 Å². The number of aromatic nitrogens is 2. The van der Waals surface area contributed by atoms with Gasteiger partial charge >= 0.3 is 0 Å². The maximum atomic E-state index is 13.0. The number of hydrogen-bond donors (Lipinski definition) is 3. The SMILES string of the molecule is NC(=O)c1coc([C@@H]2CCCN2C(=O)c2coc([C@@H](N)Cc3ccc(O)cc3)n2)n1. The molecule has 0 aliphatic carbocycles. The van der Waals surface area contributed by atoms with E-state index in [4.69, 9.17) is 20.3 Å². The quantitative estimate of drug-likeness (QED) is 0.552. The monoisotopic (exact) mass is 411 g/mol. The molecule has 3 aromatic rings. The number of oxazole rings is 2. The van der Waals surface area contributed by atoms with E-state index in [-0.39, 0.29) is 34.8 Å². The molecule has 2 aromatic heterocycles. The van der Waals surface area contributed by atoms with E-state index >= 15 is 0 Å². The molecule has 0 saturated carbocycles. The summed E-state index contributed by atoms with van der Waals surface area (Å²) in [5.74, 6) is -0.338. The first-order valence-electron chi connectivity index (χ1n) is 9.47. The number of aromatic hydroxyl groups is 1. The van der Waals surface area contributed by atoms with Crippen LogP contribution >= 0.6 is 0 Å². The number of benzene rings is 1. The third-order valence-electron chi connectivity index (χ3n) is 5.02. The molecular weight excluding hydrogens is 390 g/mol. The van der Waals surface area contributed by atoms with Gasteiger partial charge in [-0.05, 0) is 37.0 Å². The van der Waals surface area contributed by atoms with Gasteiger partial charge in [-0.15, -0.1) is 0 Å². The third kappa shape index (κ3) is 3.90. The van der Waals surface area contributed by atoms with Crippen molar-refractivity contribution >= 4 is 11.8 Å². The Kier molecular flexibility index (Phi) is 5.23. The predicted molar refractivity (Wildman–Crippen MR) is 103 cm³/mol. The molecule has 0 unspecified atom stereocenters. The molecule has 5 N–H and O–H groups in total. The van der Waals surface area contributed by atoms with E-state index in [0.717, 1.165) is 12.0 Å². The smallest absolute Gasteiger partial charge is 0.276 e. The molecule has 0 bridgehead atoms. The fourth-order valence-corrected chi connectivity index (χ4v) is 3.50. The summed E-state index contributed by atoms with van der Waals surface area (Å²) in [5.41, 5.74) is 12.4. The number of carbonyl (C=O) groups is 2. The topological polar surface area (TPSA) is 162 Å². The molecule has 2 atom stereocenters. The molecule has 2 amide bonds. The first kappa shape index (κ1) is 19.6. The van der Waals surface area contributed by atoms with Gasteiger partial charge in [0.05, 0.1) is 6.04 Å². The van der Waals surface area contributed by atoms with Crippen LogP contribution in [0.3, 0.4) is 0 Å². The lowest BCUT2D eigenvalue weighted by molar-refractivity contribution is 0.0709. The number of amides is 2. The van der Waals surface area contributed by atoms with Gasteiger partial charge in [0, 0.05) is 6.54 Å². The standard InChI is InChI=1S/C20H21N5O5/c21-13(8-11-3-5-12(26)6-4-11)18-24-15(10-29-18)20(28)25-7-1-2-16(25)19-23-14(9-30-19)17(22)27/h3-6,9-10,13,16,26H,1-2,7-8,21H2,(H2,22,27)/t13-,16-/m0/s1. The van der Waals surface area contributed by atoms with Crippen LogP contribution < -0.4 is 11.5 Å². The fourth-order valence-electron chi connectivity index (χ4n) is 3.50. The summed E-state index contributed by atoms with van der Waals surface area (Å²) >= 11 is 0. The molecule has 1 aliphatic rings. The summed E-state index contributed by atoms with van der Waals surface area (Å²) in [7, 11) is 0. The third-order valence-corrected chi connectivity index (χ3v) is 5.02.